The molecule has 0 atom stereocenters. The molecular weight excluding hydrogens is 491 g/mol. The number of nitrogens with one attached hydrogen (secondary N) is 1. The Balaban J connectivity index is 0.00000320. The van der Waals surface area contributed by atoms with Crippen molar-refractivity contribution in [2.75, 3.05) is 51.7 Å². The van der Waals surface area contributed by atoms with Crippen LogP contribution in [0.4, 0.5) is 5.69 Å². The van der Waals surface area contributed by atoms with Crippen LogP contribution in [0.5, 0.6) is 0 Å². The van der Waals surface area contributed by atoms with E-state index < -0.39 is 0 Å². The number of anilines is 1. The predicted molar refractivity (Wildman–Crippen MR) is 134 cm³/mol. The number of hydrogen-bond acceptors (Lipinski definition) is 3. The molecule has 8 heteroatoms. The molecule has 0 aliphatic carbocycles. The molecule has 0 spiro atoms. The molecule has 1 N–H and O–H groups in total. The van der Waals surface area contributed by atoms with Crippen molar-refractivity contribution in [3.05, 3.63) is 54.4 Å². The number of hydrogen-bond donors (Lipinski definition) is 1. The van der Waals surface area contributed by atoms with Crippen molar-refractivity contribution in [3.63, 3.8) is 0 Å². The molecule has 7 nitrogen and oxygen atoms in total. The molecule has 164 valence electrons. The van der Waals surface area contributed by atoms with Crippen LogP contribution in [0.15, 0.2) is 53.7 Å². The summed E-state index contributed by atoms with van der Waals surface area (Å²) in [5.74, 6) is 0.999. The number of halogens is 1. The Labute approximate surface area is 196 Å². The number of rotatable bonds is 6. The second kappa shape index (κ2) is 11.8. The van der Waals surface area contributed by atoms with Crippen LogP contribution in [0.25, 0.3) is 0 Å². The number of guanidine groups is 1. The van der Waals surface area contributed by atoms with Crippen molar-refractivity contribution in [3.8, 4) is 0 Å². The fourth-order valence-electron chi connectivity index (χ4n) is 3.66. The third kappa shape index (κ3) is 6.38. The molecule has 0 radical (unpaired) electrons. The number of para-hydroxylation sites is 1. The topological polar surface area (TPSA) is 56.1 Å². The van der Waals surface area contributed by atoms with Gasteiger partial charge in [0.25, 0.3) is 0 Å². The van der Waals surface area contributed by atoms with Crippen molar-refractivity contribution in [1.82, 2.24) is 19.7 Å². The zero-order chi connectivity index (χ0) is 20.6. The molecule has 1 aromatic heterocycles. The molecule has 2 heterocycles. The van der Waals surface area contributed by atoms with Gasteiger partial charge in [0.1, 0.15) is 0 Å². The van der Waals surface area contributed by atoms with Gasteiger partial charge in [-0.1, -0.05) is 18.2 Å². The van der Waals surface area contributed by atoms with Gasteiger partial charge in [-0.05, 0) is 24.3 Å². The van der Waals surface area contributed by atoms with E-state index in [4.69, 9.17) is 0 Å². The highest BCUT2D eigenvalue weighted by atomic mass is 127. The molecule has 1 aromatic carbocycles. The van der Waals surface area contributed by atoms with Gasteiger partial charge in [-0.2, -0.15) is 0 Å². The summed E-state index contributed by atoms with van der Waals surface area (Å²) in [6.45, 7) is 4.65. The van der Waals surface area contributed by atoms with E-state index in [0.29, 0.717) is 13.0 Å². The highest BCUT2D eigenvalue weighted by Crippen LogP contribution is 2.15. The standard InChI is InChI=1S/C22H32N6O.HI/c1-23-22(26(3)18-20-10-7-13-25(20)2)24-12-11-21(29)28-16-14-27(15-17-28)19-8-5-4-6-9-19;/h4-10,13H,11-12,14-18H2,1-3H3,(H,23,24);1H. The zero-order valence-electron chi connectivity index (χ0n) is 18.1. The number of nitrogens with zero attached hydrogens (tertiary/aromatic N) is 5. The number of carbonyl (C=O) groups excluding carboxylic acids is 1. The number of aliphatic imine (C=N–C) groups is 1. The van der Waals surface area contributed by atoms with Gasteiger partial charge in [0.15, 0.2) is 5.96 Å². The summed E-state index contributed by atoms with van der Waals surface area (Å²) in [6, 6.07) is 14.5. The van der Waals surface area contributed by atoms with Gasteiger partial charge >= 0.3 is 0 Å². The molecule has 1 saturated heterocycles. The molecule has 1 fully saturated rings. The van der Waals surface area contributed by atoms with E-state index in [1.165, 1.54) is 11.4 Å². The number of piperazine rings is 1. The van der Waals surface area contributed by atoms with Crippen LogP contribution in [-0.2, 0) is 18.4 Å². The lowest BCUT2D eigenvalue weighted by Crippen LogP contribution is -2.49. The van der Waals surface area contributed by atoms with Crippen LogP contribution in [0.3, 0.4) is 0 Å². The fraction of sp³-hybridized carbons (Fsp3) is 0.455. The maximum Gasteiger partial charge on any atom is 0.224 e. The average molecular weight is 524 g/mol. The fourth-order valence-corrected chi connectivity index (χ4v) is 3.66. The van der Waals surface area contributed by atoms with Crippen LogP contribution < -0.4 is 10.2 Å². The number of benzene rings is 1. The monoisotopic (exact) mass is 524 g/mol. The Morgan fingerprint density at radius 3 is 2.40 bits per heavy atom. The van der Waals surface area contributed by atoms with Gasteiger partial charge in [0, 0.05) is 77.9 Å². The van der Waals surface area contributed by atoms with E-state index in [1.54, 1.807) is 7.05 Å². The van der Waals surface area contributed by atoms with Crippen LogP contribution >= 0.6 is 24.0 Å². The lowest BCUT2D eigenvalue weighted by Gasteiger charge is -2.36. The first kappa shape index (κ1) is 24.0. The third-order valence-electron chi connectivity index (χ3n) is 5.40. The van der Waals surface area contributed by atoms with E-state index in [1.807, 2.05) is 37.3 Å². The maximum atomic E-state index is 12.6. The summed E-state index contributed by atoms with van der Waals surface area (Å²) in [7, 11) is 5.82. The van der Waals surface area contributed by atoms with Gasteiger partial charge in [-0.3, -0.25) is 9.79 Å². The Bertz CT molecular complexity index is 814. The SMILES string of the molecule is CN=C(NCCC(=O)N1CCN(c2ccccc2)CC1)N(C)Cc1cccn1C.I. The van der Waals surface area contributed by atoms with Crippen LogP contribution in [0, 0.1) is 0 Å². The Kier molecular flexibility index (Phi) is 9.48. The minimum absolute atomic E-state index is 0. The third-order valence-corrected chi connectivity index (χ3v) is 5.40. The number of carbonyl (C=O) groups is 1. The van der Waals surface area contributed by atoms with Gasteiger partial charge in [-0.25, -0.2) is 0 Å². The van der Waals surface area contributed by atoms with E-state index in [-0.39, 0.29) is 29.9 Å². The molecular formula is C22H33IN6O. The molecule has 30 heavy (non-hydrogen) atoms. The second-order valence-corrected chi connectivity index (χ2v) is 7.39. The highest BCUT2D eigenvalue weighted by molar-refractivity contribution is 14.0. The van der Waals surface area contributed by atoms with Gasteiger partial charge < -0.3 is 24.6 Å². The van der Waals surface area contributed by atoms with Crippen molar-refractivity contribution < 1.29 is 4.79 Å². The molecule has 1 amide bonds. The predicted octanol–water partition coefficient (Wildman–Crippen LogP) is 2.39. The van der Waals surface area contributed by atoms with Crippen molar-refractivity contribution >= 4 is 41.5 Å². The summed E-state index contributed by atoms with van der Waals surface area (Å²) in [5, 5.41) is 3.31. The molecule has 0 saturated carbocycles. The van der Waals surface area contributed by atoms with E-state index in [2.05, 4.69) is 55.0 Å². The number of aromatic nitrogens is 1. The molecule has 2 aromatic rings. The van der Waals surface area contributed by atoms with Crippen LogP contribution in [0.1, 0.15) is 12.1 Å². The number of amides is 1. The lowest BCUT2D eigenvalue weighted by molar-refractivity contribution is -0.131. The van der Waals surface area contributed by atoms with Crippen LogP contribution in [-0.4, -0.2) is 73.1 Å². The second-order valence-electron chi connectivity index (χ2n) is 7.39. The molecule has 0 bridgehead atoms. The molecule has 1 aliphatic heterocycles. The molecule has 1 aliphatic rings. The first-order valence-electron chi connectivity index (χ1n) is 10.2. The zero-order valence-corrected chi connectivity index (χ0v) is 20.5. The summed E-state index contributed by atoms with van der Waals surface area (Å²) < 4.78 is 2.10. The van der Waals surface area contributed by atoms with E-state index in [0.717, 1.165) is 38.7 Å². The lowest BCUT2D eigenvalue weighted by atomic mass is 10.2. The highest BCUT2D eigenvalue weighted by Gasteiger charge is 2.21. The smallest absolute Gasteiger partial charge is 0.224 e. The summed E-state index contributed by atoms with van der Waals surface area (Å²) >= 11 is 0. The number of aryl methyl sites for hydroxylation is 1. The normalized spacial score (nSPS) is 14.3. The molecule has 3 rings (SSSR count). The van der Waals surface area contributed by atoms with E-state index in [9.17, 15) is 4.79 Å². The largest absolute Gasteiger partial charge is 0.368 e. The first-order valence-corrected chi connectivity index (χ1v) is 10.2. The van der Waals surface area contributed by atoms with Crippen LogP contribution in [0.2, 0.25) is 0 Å². The average Bonchev–Trinajstić information content (AvgIpc) is 3.16. The summed E-state index contributed by atoms with van der Waals surface area (Å²) in [5.41, 5.74) is 2.44. The summed E-state index contributed by atoms with van der Waals surface area (Å²) in [6.07, 6.45) is 2.51. The van der Waals surface area contributed by atoms with Gasteiger partial charge in [0.05, 0.1) is 6.54 Å². The quantitative estimate of drug-likeness (QED) is 0.359. The van der Waals surface area contributed by atoms with Crippen molar-refractivity contribution in [2.24, 2.45) is 12.0 Å². The van der Waals surface area contributed by atoms with E-state index >= 15 is 0 Å². The minimum Gasteiger partial charge on any atom is -0.368 e. The van der Waals surface area contributed by atoms with Gasteiger partial charge in [0.2, 0.25) is 5.91 Å². The summed E-state index contributed by atoms with van der Waals surface area (Å²) in [4.78, 5) is 23.3. The maximum absolute atomic E-state index is 12.6. The Hall–Kier alpha value is -2.23. The Morgan fingerprint density at radius 1 is 1.10 bits per heavy atom. The first-order chi connectivity index (χ1) is 14.1. The van der Waals surface area contributed by atoms with Crippen molar-refractivity contribution in [1.29, 1.82) is 0 Å². The Morgan fingerprint density at radius 2 is 1.80 bits per heavy atom. The minimum atomic E-state index is 0. The van der Waals surface area contributed by atoms with Gasteiger partial charge in [-0.15, -0.1) is 24.0 Å². The van der Waals surface area contributed by atoms with Crippen molar-refractivity contribution in [2.45, 2.75) is 13.0 Å². The molecule has 0 unspecified atom stereocenters.